The van der Waals surface area contributed by atoms with Crippen molar-refractivity contribution in [2.24, 2.45) is 0 Å². The number of unbranched alkanes of at least 4 members (excludes halogenated alkanes) is 19. The lowest BCUT2D eigenvalue weighted by Crippen LogP contribution is -2.29. The van der Waals surface area contributed by atoms with E-state index >= 15 is 0 Å². The van der Waals surface area contributed by atoms with Gasteiger partial charge in [-0.05, 0) is 77.3 Å². The average Bonchev–Trinajstić information content (AvgIpc) is 3.07. The van der Waals surface area contributed by atoms with Crippen molar-refractivity contribution >= 4 is 11.9 Å². The molecule has 0 bridgehead atoms. The maximum Gasteiger partial charge on any atom is 0.306 e. The summed E-state index contributed by atoms with van der Waals surface area (Å²) >= 11 is 0. The van der Waals surface area contributed by atoms with Crippen molar-refractivity contribution in [3.63, 3.8) is 0 Å². The number of rotatable bonds is 37. The molecule has 0 aliphatic carbocycles. The Morgan fingerprint density at radius 1 is 0.468 bits per heavy atom. The fraction of sp³-hybridized carbons (Fsp3) is 0.951. The Bertz CT molecular complexity index is 650. The molecule has 0 aromatic carbocycles. The summed E-state index contributed by atoms with van der Waals surface area (Å²) in [7, 11) is 0. The van der Waals surface area contributed by atoms with Crippen molar-refractivity contribution in [2.45, 2.75) is 226 Å². The summed E-state index contributed by atoms with van der Waals surface area (Å²) < 4.78 is 11.5. The molecule has 0 amide bonds. The largest absolute Gasteiger partial charge is 0.462 e. The molecule has 0 rings (SSSR count). The van der Waals surface area contributed by atoms with Crippen molar-refractivity contribution in [3.05, 3.63) is 0 Å². The lowest BCUT2D eigenvalue weighted by molar-refractivity contribution is -0.150. The van der Waals surface area contributed by atoms with Crippen molar-refractivity contribution in [2.75, 3.05) is 26.2 Å². The Morgan fingerprint density at radius 3 is 1.28 bits per heavy atom. The van der Waals surface area contributed by atoms with Crippen molar-refractivity contribution < 1.29 is 24.2 Å². The zero-order valence-corrected chi connectivity index (χ0v) is 32.0. The van der Waals surface area contributed by atoms with Gasteiger partial charge in [0.2, 0.25) is 0 Å². The number of hydrogen-bond acceptors (Lipinski definition) is 6. The number of aliphatic hydroxyl groups excluding tert-OH is 1. The molecule has 0 heterocycles. The van der Waals surface area contributed by atoms with Gasteiger partial charge in [-0.15, -0.1) is 0 Å². The maximum atomic E-state index is 12.8. The molecule has 0 spiro atoms. The van der Waals surface area contributed by atoms with Crippen LogP contribution >= 0.6 is 0 Å². The van der Waals surface area contributed by atoms with E-state index < -0.39 is 0 Å². The van der Waals surface area contributed by atoms with E-state index in [-0.39, 0.29) is 30.8 Å². The summed E-state index contributed by atoms with van der Waals surface area (Å²) in [5.41, 5.74) is 0. The molecule has 47 heavy (non-hydrogen) atoms. The summed E-state index contributed by atoms with van der Waals surface area (Å²) in [6, 6.07) is 0. The van der Waals surface area contributed by atoms with E-state index in [1.165, 1.54) is 116 Å². The molecule has 6 nitrogen and oxygen atoms in total. The highest BCUT2D eigenvalue weighted by molar-refractivity contribution is 5.69. The van der Waals surface area contributed by atoms with E-state index in [2.05, 4.69) is 32.6 Å². The summed E-state index contributed by atoms with van der Waals surface area (Å²) in [5.74, 6) is -0.0565. The van der Waals surface area contributed by atoms with Gasteiger partial charge in [0.05, 0.1) is 6.61 Å². The zero-order chi connectivity index (χ0) is 34.6. The van der Waals surface area contributed by atoms with Crippen LogP contribution in [0.5, 0.6) is 0 Å². The van der Waals surface area contributed by atoms with E-state index in [0.29, 0.717) is 19.4 Å². The van der Waals surface area contributed by atoms with E-state index in [0.717, 1.165) is 70.9 Å². The van der Waals surface area contributed by atoms with Gasteiger partial charge in [-0.3, -0.25) is 9.59 Å². The molecule has 6 heteroatoms. The third-order valence-electron chi connectivity index (χ3n) is 9.64. The smallest absolute Gasteiger partial charge is 0.306 e. The Morgan fingerprint density at radius 2 is 0.830 bits per heavy atom. The highest BCUT2D eigenvalue weighted by Crippen LogP contribution is 2.18. The van der Waals surface area contributed by atoms with Crippen LogP contribution in [0, 0.1) is 0 Å². The third kappa shape index (κ3) is 31.9. The molecule has 0 radical (unpaired) electrons. The van der Waals surface area contributed by atoms with Gasteiger partial charge in [-0.25, -0.2) is 0 Å². The second kappa shape index (κ2) is 36.1. The third-order valence-corrected chi connectivity index (χ3v) is 9.64. The topological polar surface area (TPSA) is 76.1 Å². The summed E-state index contributed by atoms with van der Waals surface area (Å²) in [5, 5.41) is 9.56. The van der Waals surface area contributed by atoms with Crippen LogP contribution in [0.25, 0.3) is 0 Å². The first-order valence-electron chi connectivity index (χ1n) is 20.7. The normalized spacial score (nSPS) is 11.7. The summed E-state index contributed by atoms with van der Waals surface area (Å²) in [6.45, 7) is 11.5. The Balaban J connectivity index is 4.17. The van der Waals surface area contributed by atoms with E-state index in [1.807, 2.05) is 0 Å². The fourth-order valence-corrected chi connectivity index (χ4v) is 6.44. The van der Waals surface area contributed by atoms with E-state index in [1.54, 1.807) is 0 Å². The molecular weight excluding hydrogens is 586 g/mol. The molecule has 280 valence electrons. The van der Waals surface area contributed by atoms with Crippen LogP contribution < -0.4 is 0 Å². The van der Waals surface area contributed by atoms with Crippen molar-refractivity contribution in [3.8, 4) is 0 Å². The van der Waals surface area contributed by atoms with Crippen LogP contribution in [0.3, 0.4) is 0 Å². The number of esters is 2. The number of carbonyl (C=O) groups excluding carboxylic acids is 2. The Labute approximate surface area is 292 Å². The molecule has 0 saturated heterocycles. The number of hydrogen-bond donors (Lipinski definition) is 1. The average molecular weight is 668 g/mol. The second-order valence-electron chi connectivity index (χ2n) is 14.1. The molecule has 0 saturated carbocycles. The molecule has 0 aliphatic rings. The predicted molar refractivity (Wildman–Crippen MR) is 200 cm³/mol. The van der Waals surface area contributed by atoms with Gasteiger partial charge in [-0.2, -0.15) is 0 Å². The van der Waals surface area contributed by atoms with Gasteiger partial charge in [0, 0.05) is 19.4 Å². The monoisotopic (exact) mass is 668 g/mol. The maximum absolute atomic E-state index is 12.8. The van der Waals surface area contributed by atoms with Gasteiger partial charge in [-0.1, -0.05) is 137 Å². The first-order valence-corrected chi connectivity index (χ1v) is 20.7. The van der Waals surface area contributed by atoms with Gasteiger partial charge >= 0.3 is 11.9 Å². The minimum Gasteiger partial charge on any atom is -0.462 e. The zero-order valence-electron chi connectivity index (χ0n) is 32.0. The van der Waals surface area contributed by atoms with Crippen molar-refractivity contribution in [1.82, 2.24) is 4.90 Å². The standard InChI is InChI=1S/C41H81NO5/c1-5-9-11-13-16-20-24-30-39(31-25-21-17-14-12-10-6-2)47-41(45)33-27-29-35-42(36-37-43)34-28-23-19-15-18-22-26-32-40(44)46-38(7-3)8-4/h38-39,43H,5-37H2,1-4H3. The van der Waals surface area contributed by atoms with Crippen LogP contribution in [0.15, 0.2) is 0 Å². The first kappa shape index (κ1) is 45.9. The van der Waals surface area contributed by atoms with Crippen LogP contribution in [-0.2, 0) is 19.1 Å². The molecular formula is C41H81NO5. The van der Waals surface area contributed by atoms with Crippen molar-refractivity contribution in [1.29, 1.82) is 0 Å². The minimum atomic E-state index is -0.0404. The number of ether oxygens (including phenoxy) is 2. The summed E-state index contributed by atoms with van der Waals surface area (Å²) in [4.78, 5) is 27.0. The van der Waals surface area contributed by atoms with Gasteiger partial charge < -0.3 is 19.5 Å². The van der Waals surface area contributed by atoms with Gasteiger partial charge in [0.1, 0.15) is 12.2 Å². The fourth-order valence-electron chi connectivity index (χ4n) is 6.44. The molecule has 0 aromatic heterocycles. The minimum absolute atomic E-state index is 0.0161. The van der Waals surface area contributed by atoms with Crippen LogP contribution in [0.4, 0.5) is 0 Å². The Kier molecular flexibility index (Phi) is 35.3. The molecule has 0 unspecified atom stereocenters. The van der Waals surface area contributed by atoms with Gasteiger partial charge in [0.15, 0.2) is 0 Å². The molecule has 0 atom stereocenters. The molecule has 0 aliphatic heterocycles. The van der Waals surface area contributed by atoms with E-state index in [9.17, 15) is 14.7 Å². The number of nitrogens with zero attached hydrogens (tertiary/aromatic N) is 1. The lowest BCUT2D eigenvalue weighted by Gasteiger charge is -2.21. The van der Waals surface area contributed by atoms with Gasteiger partial charge in [0.25, 0.3) is 0 Å². The highest BCUT2D eigenvalue weighted by Gasteiger charge is 2.15. The SMILES string of the molecule is CCCCCCCCCC(CCCCCCCCC)OC(=O)CCCCN(CCO)CCCCCCCCCC(=O)OC(CC)CC. The molecule has 0 fully saturated rings. The number of aliphatic hydroxyl groups is 1. The highest BCUT2D eigenvalue weighted by atomic mass is 16.5. The summed E-state index contributed by atoms with van der Waals surface area (Å²) in [6.07, 6.45) is 33.0. The van der Waals surface area contributed by atoms with Crippen LogP contribution in [0.1, 0.15) is 214 Å². The second-order valence-corrected chi connectivity index (χ2v) is 14.1. The predicted octanol–water partition coefficient (Wildman–Crippen LogP) is 11.5. The first-order chi connectivity index (χ1) is 23.0. The van der Waals surface area contributed by atoms with Crippen LogP contribution in [0.2, 0.25) is 0 Å². The van der Waals surface area contributed by atoms with Crippen LogP contribution in [-0.4, -0.2) is 60.4 Å². The molecule has 1 N–H and O–H groups in total. The molecule has 0 aromatic rings. The Hall–Kier alpha value is -1.14. The quantitative estimate of drug-likeness (QED) is 0.0525. The lowest BCUT2D eigenvalue weighted by atomic mass is 10.0. The number of carbonyl (C=O) groups is 2. The van der Waals surface area contributed by atoms with E-state index in [4.69, 9.17) is 9.47 Å².